The molecule has 2 aliphatic heterocycles. The fourth-order valence-corrected chi connectivity index (χ4v) is 6.71. The Morgan fingerprint density at radius 2 is 0.933 bits per heavy atom. The normalized spacial score (nSPS) is 16.4. The van der Waals surface area contributed by atoms with E-state index in [1.54, 1.807) is 6.92 Å². The van der Waals surface area contributed by atoms with E-state index in [-0.39, 0.29) is 146 Å². The fraction of sp³-hybridized carbons (Fsp3) is 0.632. The summed E-state index contributed by atoms with van der Waals surface area (Å²) in [7, 11) is 2.00. The number of carbonyl (C=O) groups excluding carboxylic acids is 9. The topological polar surface area (TPSA) is 523 Å². The summed E-state index contributed by atoms with van der Waals surface area (Å²) in [4.78, 5) is 153. The number of amides is 4. The molecule has 32 heteroatoms. The van der Waals surface area contributed by atoms with E-state index in [4.69, 9.17) is 72.1 Å². The number of hydrogen-bond acceptors (Lipinski definition) is 20. The Balaban J connectivity index is -0.000000148. The van der Waals surface area contributed by atoms with Gasteiger partial charge in [-0.3, -0.25) is 53.1 Å². The van der Waals surface area contributed by atoms with Crippen LogP contribution in [0.3, 0.4) is 0 Å². The van der Waals surface area contributed by atoms with Crippen LogP contribution in [-0.4, -0.2) is 199 Å². The van der Waals surface area contributed by atoms with E-state index in [1.165, 1.54) is 79.6 Å². The minimum Gasteiger partial charge on any atom is -0.677 e. The molecule has 89 heavy (non-hydrogen) atoms. The molecule has 0 aromatic carbocycles. The number of rotatable bonds is 23. The SMILES string of the molecule is CC(=O)CCC(=O)OC(=O)OCC(C)C.CC(CCC(=O)O)=NCC(=O)CCCCCN1C(=O)C=CC1=O.CO.CO.NCC(=O)CCCCCN1C(=O)C=CC1=O.O.O=C(O)C(=O)O.O=C(O)C(=O)O.[CH2-][C@@H]1CCCC[C@H]1[NH-].[CH2-][C@@H]1CCCC[C@H]1[NH-].[Pt+2].[Pt+2]. The first-order valence-corrected chi connectivity index (χ1v) is 27.7. The molecular formula is C57H94N6O24Pt2. The second-order valence-corrected chi connectivity index (χ2v) is 19.3. The predicted octanol–water partition coefficient (Wildman–Crippen LogP) is 4.62. The maximum absolute atomic E-state index is 11.7. The van der Waals surface area contributed by atoms with Crippen LogP contribution < -0.4 is 5.73 Å². The number of carboxylic acid groups (broad SMARTS) is 5. The third kappa shape index (κ3) is 61.9. The van der Waals surface area contributed by atoms with Crippen molar-refractivity contribution >= 4 is 88.7 Å². The van der Waals surface area contributed by atoms with Crippen LogP contribution >= 0.6 is 0 Å². The minimum atomic E-state index is -1.82. The summed E-state index contributed by atoms with van der Waals surface area (Å²) in [5, 5.41) is 52.1. The van der Waals surface area contributed by atoms with Crippen molar-refractivity contribution in [3.05, 3.63) is 49.6 Å². The molecule has 2 saturated carbocycles. The number of ketones is 3. The van der Waals surface area contributed by atoms with Crippen LogP contribution in [0.5, 0.6) is 0 Å². The smallest absolute Gasteiger partial charge is 0.677 e. The van der Waals surface area contributed by atoms with Gasteiger partial charge >= 0.3 is 84.1 Å². The van der Waals surface area contributed by atoms with E-state index in [0.717, 1.165) is 52.7 Å². The van der Waals surface area contributed by atoms with E-state index in [9.17, 15) is 47.9 Å². The summed E-state index contributed by atoms with van der Waals surface area (Å²) in [6.07, 6.45) is 19.3. The second kappa shape index (κ2) is 63.4. The summed E-state index contributed by atoms with van der Waals surface area (Å²) in [6, 6.07) is 0.285. The first-order chi connectivity index (χ1) is 40.4. The predicted molar refractivity (Wildman–Crippen MR) is 316 cm³/mol. The van der Waals surface area contributed by atoms with E-state index >= 15 is 0 Å². The van der Waals surface area contributed by atoms with E-state index in [2.05, 4.69) is 28.3 Å². The summed E-state index contributed by atoms with van der Waals surface area (Å²) in [6.45, 7) is 15.8. The van der Waals surface area contributed by atoms with Crippen molar-refractivity contribution in [3.63, 3.8) is 0 Å². The minimum absolute atomic E-state index is 0. The molecular weight excluding hydrogens is 1540 g/mol. The van der Waals surface area contributed by atoms with Gasteiger partial charge in [0.25, 0.3) is 23.6 Å². The summed E-state index contributed by atoms with van der Waals surface area (Å²) >= 11 is 0. The van der Waals surface area contributed by atoms with E-state index in [1.807, 2.05) is 13.8 Å². The van der Waals surface area contributed by atoms with Gasteiger partial charge in [0, 0.05) is 76.6 Å². The van der Waals surface area contributed by atoms with Gasteiger partial charge in [-0.15, -0.1) is 0 Å². The van der Waals surface area contributed by atoms with Gasteiger partial charge in [0.2, 0.25) is 0 Å². The second-order valence-electron chi connectivity index (χ2n) is 19.3. The van der Waals surface area contributed by atoms with E-state index < -0.39 is 42.0 Å². The molecule has 0 unspecified atom stereocenters. The molecule has 0 saturated heterocycles. The van der Waals surface area contributed by atoms with Gasteiger partial charge in [0.15, 0.2) is 5.78 Å². The number of hydrogen-bond donors (Lipinski definition) is 8. The number of aliphatic hydroxyl groups excluding tert-OH is 2. The number of carboxylic acids is 5. The Labute approximate surface area is 549 Å². The monoisotopic (exact) mass is 1640 g/mol. The molecule has 13 N–H and O–H groups in total. The zero-order valence-corrected chi connectivity index (χ0v) is 56.0. The number of unbranched alkanes of at least 4 members (excludes halogenated alkanes) is 4. The van der Waals surface area contributed by atoms with Crippen molar-refractivity contribution in [1.82, 2.24) is 9.80 Å². The number of aliphatic imine (C=N–C) groups is 1. The van der Waals surface area contributed by atoms with Crippen molar-refractivity contribution < 1.29 is 160 Å². The maximum Gasteiger partial charge on any atom is 2.00 e. The molecule has 2 aliphatic carbocycles. The Kier molecular flexibility index (Phi) is 70.6. The molecule has 516 valence electrons. The largest absolute Gasteiger partial charge is 2.00 e. The third-order valence-corrected chi connectivity index (χ3v) is 11.5. The molecule has 4 atom stereocenters. The summed E-state index contributed by atoms with van der Waals surface area (Å²) in [5.74, 6) is -9.00. The molecule has 0 radical (unpaired) electrons. The van der Waals surface area contributed by atoms with Crippen molar-refractivity contribution in [3.8, 4) is 0 Å². The number of aliphatic hydroxyl groups is 2. The molecule has 0 bridgehead atoms. The third-order valence-electron chi connectivity index (χ3n) is 11.5. The van der Waals surface area contributed by atoms with Gasteiger partial charge < -0.3 is 86.5 Å². The van der Waals surface area contributed by atoms with Crippen molar-refractivity contribution in [2.75, 3.05) is 47.0 Å². The zero-order chi connectivity index (χ0) is 67.3. The van der Waals surface area contributed by atoms with Gasteiger partial charge in [-0.05, 0) is 51.9 Å². The van der Waals surface area contributed by atoms with Crippen LogP contribution in [0.1, 0.15) is 156 Å². The Hall–Kier alpha value is -6.13. The van der Waals surface area contributed by atoms with Crippen LogP contribution in [0.15, 0.2) is 29.3 Å². The van der Waals surface area contributed by atoms with Crippen LogP contribution in [-0.2, 0) is 114 Å². The summed E-state index contributed by atoms with van der Waals surface area (Å²) in [5.41, 5.74) is 20.7. The molecule has 4 rings (SSSR count). The quantitative estimate of drug-likeness (QED) is 0.0132. The number of carbonyl (C=O) groups is 14. The number of nitrogens with two attached hydrogens (primary N) is 1. The molecule has 0 aromatic rings. The fourth-order valence-electron chi connectivity index (χ4n) is 6.71. The number of Topliss-reactive ketones (excluding diaryl/α,β-unsaturated/α-hetero) is 3. The van der Waals surface area contributed by atoms with Gasteiger partial charge in [-0.2, -0.15) is 23.9 Å². The molecule has 0 spiro atoms. The Morgan fingerprint density at radius 1 is 0.573 bits per heavy atom. The van der Waals surface area contributed by atoms with Gasteiger partial charge in [-0.25, -0.2) is 24.0 Å². The molecule has 0 aromatic heterocycles. The number of aliphatic carboxylic acids is 5. The molecule has 4 aliphatic rings. The van der Waals surface area contributed by atoms with Gasteiger partial charge in [0.1, 0.15) is 11.6 Å². The van der Waals surface area contributed by atoms with Crippen LogP contribution in [0.4, 0.5) is 4.79 Å². The van der Waals surface area contributed by atoms with E-state index in [0.29, 0.717) is 62.7 Å². The van der Waals surface area contributed by atoms with Crippen LogP contribution in [0.25, 0.3) is 11.5 Å². The number of imide groups is 2. The number of esters is 1. The standard InChI is InChI=1S/C16H22N2O5.C11H16N2O3.C10H16O5.2C7H13N.2C2H2O4.2CH4O.H2O.2Pt/c1-12(6-9-16(22)23)17-11-13(19)5-3-2-4-10-18-14(20)7-8-15(18)21;12-8-9(14)4-2-1-3-7-13-10(15)5-6-11(13)16;1-7(2)6-14-10(13)15-9(12)5-4-8(3)11;2*1-6-4-2-3-5-7(6)8;2*3-1(4)2(5)6;2*1-2;;;/h7-8H,2-6,9-11H2,1H3,(H,22,23);5-6H,1-4,7-8,12H2;7H,4-6H2,1-3H3;2*6-8H,1-5H2;2*(H,3,4)(H,5,6);2*2H,1H3;1H2;;/q;;;2*-2;;;;;;2*+2/t;;;2*6-,7-;;;;;;;/m...11......./s1. The number of ether oxygens (including phenoxy) is 2. The first kappa shape index (κ1) is 99.1. The van der Waals surface area contributed by atoms with Crippen LogP contribution in [0, 0.1) is 31.6 Å². The average Bonchev–Trinajstić information content (AvgIpc) is 4.16. The number of nitrogens with zero attached hydrogens (tertiary/aromatic N) is 3. The van der Waals surface area contributed by atoms with Crippen molar-refractivity contribution in [2.45, 2.75) is 168 Å². The molecule has 2 fully saturated rings. The Morgan fingerprint density at radius 3 is 1.22 bits per heavy atom. The molecule has 2 heterocycles. The Bertz CT molecular complexity index is 2090. The van der Waals surface area contributed by atoms with Crippen LogP contribution in [0.2, 0.25) is 0 Å². The van der Waals surface area contributed by atoms with Gasteiger partial charge in [0.05, 0.1) is 32.5 Å². The number of nitrogens with one attached hydrogen (secondary N) is 2. The van der Waals surface area contributed by atoms with Crippen molar-refractivity contribution in [1.29, 1.82) is 0 Å². The van der Waals surface area contributed by atoms with Gasteiger partial charge in [-0.1, -0.05) is 78.1 Å². The zero-order valence-electron chi connectivity index (χ0n) is 51.5. The first-order valence-electron chi connectivity index (χ1n) is 27.7. The molecule has 4 amide bonds. The van der Waals surface area contributed by atoms with Crippen molar-refractivity contribution in [2.24, 2.45) is 28.5 Å². The summed E-state index contributed by atoms with van der Waals surface area (Å²) < 4.78 is 8.91. The average molecular weight is 1640 g/mol. The maximum atomic E-state index is 11.7. The molecule has 30 nitrogen and oxygen atoms in total.